The van der Waals surface area contributed by atoms with Crippen LogP contribution in [0.4, 0.5) is 0 Å². The van der Waals surface area contributed by atoms with Crippen LogP contribution in [0.2, 0.25) is 0 Å². The zero-order chi connectivity index (χ0) is 12.4. The van der Waals surface area contributed by atoms with Crippen LogP contribution in [0.5, 0.6) is 0 Å². The van der Waals surface area contributed by atoms with E-state index >= 15 is 0 Å². The van der Waals surface area contributed by atoms with E-state index < -0.39 is 0 Å². The molecule has 2 atom stereocenters. The molecule has 1 fully saturated rings. The standard InChI is InChI=1S/C11H16BrN3O2/c1-8-5-15(6-9(3-12)17-8)11(16)10-4-13-7-14(10)2/h4,7-9H,3,5-6H2,1-2H3. The lowest BCUT2D eigenvalue weighted by molar-refractivity contribution is -0.0561. The topological polar surface area (TPSA) is 47.4 Å². The molecule has 1 aromatic rings. The SMILES string of the molecule is CC1CN(C(=O)c2cncn2C)CC(CBr)O1. The second-order valence-electron chi connectivity index (χ2n) is 4.32. The van der Waals surface area contributed by atoms with Crippen molar-refractivity contribution in [1.82, 2.24) is 14.5 Å². The normalized spacial score (nSPS) is 25.0. The number of halogens is 1. The Kier molecular flexibility index (Phi) is 3.83. The van der Waals surface area contributed by atoms with Gasteiger partial charge in [-0.15, -0.1) is 0 Å². The molecule has 1 saturated heterocycles. The Morgan fingerprint density at radius 1 is 1.65 bits per heavy atom. The monoisotopic (exact) mass is 301 g/mol. The summed E-state index contributed by atoms with van der Waals surface area (Å²) in [4.78, 5) is 18.1. The molecule has 2 heterocycles. The highest BCUT2D eigenvalue weighted by Gasteiger charge is 2.29. The Balaban J connectivity index is 2.11. The smallest absolute Gasteiger partial charge is 0.272 e. The first kappa shape index (κ1) is 12.6. The predicted octanol–water partition coefficient (Wildman–Crippen LogP) is 1.04. The van der Waals surface area contributed by atoms with Crippen molar-refractivity contribution in [1.29, 1.82) is 0 Å². The van der Waals surface area contributed by atoms with E-state index in [0.717, 1.165) is 5.33 Å². The maximum absolute atomic E-state index is 12.3. The number of hydrogen-bond acceptors (Lipinski definition) is 3. The molecule has 0 N–H and O–H groups in total. The van der Waals surface area contributed by atoms with Crippen LogP contribution in [0, 0.1) is 0 Å². The van der Waals surface area contributed by atoms with Gasteiger partial charge in [0.1, 0.15) is 5.69 Å². The number of amides is 1. The summed E-state index contributed by atoms with van der Waals surface area (Å²) < 4.78 is 7.44. The molecule has 94 valence electrons. The van der Waals surface area contributed by atoms with Crippen LogP contribution in [-0.2, 0) is 11.8 Å². The molecule has 0 saturated carbocycles. The quantitative estimate of drug-likeness (QED) is 0.767. The number of rotatable bonds is 2. The van der Waals surface area contributed by atoms with Gasteiger partial charge in [0, 0.05) is 25.5 Å². The molecule has 17 heavy (non-hydrogen) atoms. The minimum absolute atomic E-state index is 0.0195. The number of morpholine rings is 1. The number of carbonyl (C=O) groups is 1. The molecule has 5 nitrogen and oxygen atoms in total. The lowest BCUT2D eigenvalue weighted by atomic mass is 10.2. The van der Waals surface area contributed by atoms with Gasteiger partial charge in [0.2, 0.25) is 0 Å². The summed E-state index contributed by atoms with van der Waals surface area (Å²) in [6.45, 7) is 3.24. The molecule has 0 aliphatic carbocycles. The summed E-state index contributed by atoms with van der Waals surface area (Å²) in [6.07, 6.45) is 3.38. The first-order valence-electron chi connectivity index (χ1n) is 5.59. The van der Waals surface area contributed by atoms with E-state index in [1.807, 2.05) is 18.9 Å². The maximum Gasteiger partial charge on any atom is 0.272 e. The van der Waals surface area contributed by atoms with Crippen molar-refractivity contribution >= 4 is 21.8 Å². The second kappa shape index (κ2) is 5.18. The van der Waals surface area contributed by atoms with Crippen molar-refractivity contribution in [3.8, 4) is 0 Å². The van der Waals surface area contributed by atoms with E-state index in [2.05, 4.69) is 20.9 Å². The third-order valence-electron chi connectivity index (χ3n) is 2.82. The molecule has 1 amide bonds. The fourth-order valence-electron chi connectivity index (χ4n) is 2.02. The fourth-order valence-corrected chi connectivity index (χ4v) is 2.38. The number of hydrogen-bond donors (Lipinski definition) is 0. The van der Waals surface area contributed by atoms with Crippen LogP contribution in [0.3, 0.4) is 0 Å². The zero-order valence-corrected chi connectivity index (χ0v) is 11.6. The number of nitrogens with zero attached hydrogens (tertiary/aromatic N) is 3. The van der Waals surface area contributed by atoms with E-state index in [-0.39, 0.29) is 18.1 Å². The first-order valence-corrected chi connectivity index (χ1v) is 6.71. The molecule has 2 unspecified atom stereocenters. The summed E-state index contributed by atoms with van der Waals surface area (Å²) in [5, 5.41) is 0.743. The fraction of sp³-hybridized carbons (Fsp3) is 0.636. The Hall–Kier alpha value is -0.880. The number of aromatic nitrogens is 2. The Labute approximate surface area is 109 Å². The molecule has 0 radical (unpaired) electrons. The summed E-state index contributed by atoms with van der Waals surface area (Å²) >= 11 is 3.40. The molecule has 1 aliphatic rings. The highest BCUT2D eigenvalue weighted by molar-refractivity contribution is 9.09. The van der Waals surface area contributed by atoms with Crippen LogP contribution in [0.15, 0.2) is 12.5 Å². The van der Waals surface area contributed by atoms with E-state index in [0.29, 0.717) is 18.8 Å². The van der Waals surface area contributed by atoms with Crippen molar-refractivity contribution in [2.24, 2.45) is 7.05 Å². The minimum atomic E-state index is 0.0195. The number of ether oxygens (including phenoxy) is 1. The summed E-state index contributed by atoms with van der Waals surface area (Å²) in [5.74, 6) is 0.0195. The largest absolute Gasteiger partial charge is 0.371 e. The second-order valence-corrected chi connectivity index (χ2v) is 4.97. The predicted molar refractivity (Wildman–Crippen MR) is 67.2 cm³/mol. The molecule has 0 aromatic carbocycles. The van der Waals surface area contributed by atoms with Crippen molar-refractivity contribution in [3.63, 3.8) is 0 Å². The Morgan fingerprint density at radius 2 is 2.41 bits per heavy atom. The molecule has 6 heteroatoms. The van der Waals surface area contributed by atoms with E-state index in [1.165, 1.54) is 0 Å². The van der Waals surface area contributed by atoms with Crippen LogP contribution in [0.1, 0.15) is 17.4 Å². The highest BCUT2D eigenvalue weighted by atomic mass is 79.9. The highest BCUT2D eigenvalue weighted by Crippen LogP contribution is 2.15. The summed E-state index contributed by atoms with van der Waals surface area (Å²) in [5.41, 5.74) is 0.618. The van der Waals surface area contributed by atoms with Gasteiger partial charge in [-0.05, 0) is 6.92 Å². The van der Waals surface area contributed by atoms with Crippen LogP contribution >= 0.6 is 15.9 Å². The van der Waals surface area contributed by atoms with Gasteiger partial charge in [0.15, 0.2) is 0 Å². The minimum Gasteiger partial charge on any atom is -0.371 e. The van der Waals surface area contributed by atoms with Crippen LogP contribution in [-0.4, -0.2) is 51.0 Å². The third kappa shape index (κ3) is 2.69. The number of alkyl halides is 1. The molecular formula is C11H16BrN3O2. The van der Waals surface area contributed by atoms with Gasteiger partial charge in [-0.3, -0.25) is 4.79 Å². The zero-order valence-electron chi connectivity index (χ0n) is 9.97. The van der Waals surface area contributed by atoms with E-state index in [4.69, 9.17) is 4.74 Å². The van der Waals surface area contributed by atoms with Gasteiger partial charge >= 0.3 is 0 Å². The maximum atomic E-state index is 12.3. The first-order chi connectivity index (χ1) is 8.11. The van der Waals surface area contributed by atoms with Crippen molar-refractivity contribution in [2.75, 3.05) is 18.4 Å². The van der Waals surface area contributed by atoms with Gasteiger partial charge < -0.3 is 14.2 Å². The third-order valence-corrected chi connectivity index (χ3v) is 3.54. The molecule has 0 spiro atoms. The Morgan fingerprint density at radius 3 is 3.00 bits per heavy atom. The molecular weight excluding hydrogens is 286 g/mol. The lowest BCUT2D eigenvalue weighted by Gasteiger charge is -2.36. The lowest BCUT2D eigenvalue weighted by Crippen LogP contribution is -2.50. The molecule has 1 aromatic heterocycles. The number of imidazole rings is 1. The van der Waals surface area contributed by atoms with Gasteiger partial charge in [-0.1, -0.05) is 15.9 Å². The van der Waals surface area contributed by atoms with Crippen molar-refractivity contribution < 1.29 is 9.53 Å². The van der Waals surface area contributed by atoms with Gasteiger partial charge in [0.05, 0.1) is 24.7 Å². The van der Waals surface area contributed by atoms with Gasteiger partial charge in [-0.25, -0.2) is 4.98 Å². The summed E-state index contributed by atoms with van der Waals surface area (Å²) in [7, 11) is 1.83. The van der Waals surface area contributed by atoms with Crippen LogP contribution < -0.4 is 0 Å². The van der Waals surface area contributed by atoms with Crippen molar-refractivity contribution in [3.05, 3.63) is 18.2 Å². The number of aryl methyl sites for hydroxylation is 1. The Bertz CT molecular complexity index is 407. The van der Waals surface area contributed by atoms with E-state index in [9.17, 15) is 4.79 Å². The number of carbonyl (C=O) groups excluding carboxylic acids is 1. The average Bonchev–Trinajstić information content (AvgIpc) is 2.73. The molecule has 0 bridgehead atoms. The van der Waals surface area contributed by atoms with Crippen molar-refractivity contribution in [2.45, 2.75) is 19.1 Å². The van der Waals surface area contributed by atoms with Gasteiger partial charge in [-0.2, -0.15) is 0 Å². The average molecular weight is 302 g/mol. The van der Waals surface area contributed by atoms with E-state index in [1.54, 1.807) is 17.1 Å². The van der Waals surface area contributed by atoms with Gasteiger partial charge in [0.25, 0.3) is 5.91 Å². The molecule has 1 aliphatic heterocycles. The van der Waals surface area contributed by atoms with Crippen LogP contribution in [0.25, 0.3) is 0 Å². The molecule has 2 rings (SSSR count). The summed E-state index contributed by atoms with van der Waals surface area (Å²) in [6, 6.07) is 0.